The zero-order valence-electron chi connectivity index (χ0n) is 3.61. The van der Waals surface area contributed by atoms with Crippen LogP contribution in [0.4, 0.5) is 0 Å². The Morgan fingerprint density at radius 3 is 2.67 bits per heavy atom. The van der Waals surface area contributed by atoms with Crippen molar-refractivity contribution in [3.8, 4) is 0 Å². The van der Waals surface area contributed by atoms with Gasteiger partial charge in [-0.1, -0.05) is 0 Å². The molecule has 1 radical (unpaired) electrons. The van der Waals surface area contributed by atoms with Gasteiger partial charge in [-0.2, -0.15) is 0 Å². The summed E-state index contributed by atoms with van der Waals surface area (Å²) in [5, 5.41) is 0. The lowest BCUT2D eigenvalue weighted by atomic mass is 10.3. The Kier molecular flexibility index (Phi) is 1.08. The molecule has 1 aliphatic heterocycles. The lowest BCUT2D eigenvalue weighted by Crippen LogP contribution is -2.07. The first kappa shape index (κ1) is 4.09. The van der Waals surface area contributed by atoms with E-state index in [0.29, 0.717) is 6.61 Å². The Morgan fingerprint density at radius 1 is 1.67 bits per heavy atom. The van der Waals surface area contributed by atoms with Crippen LogP contribution in [-0.4, -0.2) is 13.2 Å². The zero-order chi connectivity index (χ0) is 4.41. The van der Waals surface area contributed by atoms with E-state index in [2.05, 4.69) is 0 Å². The van der Waals surface area contributed by atoms with Gasteiger partial charge in [0.25, 0.3) is 0 Å². The van der Waals surface area contributed by atoms with Gasteiger partial charge in [0.1, 0.15) is 0 Å². The van der Waals surface area contributed by atoms with E-state index in [1.54, 1.807) is 0 Å². The Balaban J connectivity index is 2.18. The molecule has 0 atom stereocenters. The molecular formula is C4H8NO. The fourth-order valence-electron chi connectivity index (χ4n) is 0.479. The molecule has 1 saturated heterocycles. The van der Waals surface area contributed by atoms with E-state index in [9.17, 15) is 0 Å². The number of hydrogen-bond acceptors (Lipinski definition) is 2. The standard InChI is InChI=1S/C4H8NO/c5-4-1-2-6-3-4/h1-3,5H2. The second kappa shape index (κ2) is 1.58. The molecule has 0 aromatic carbocycles. The molecule has 0 amide bonds. The first-order valence-corrected chi connectivity index (χ1v) is 2.07. The van der Waals surface area contributed by atoms with E-state index in [-0.39, 0.29) is 0 Å². The van der Waals surface area contributed by atoms with E-state index in [1.807, 2.05) is 0 Å². The topological polar surface area (TPSA) is 35.2 Å². The highest BCUT2D eigenvalue weighted by molar-refractivity contribution is 4.85. The van der Waals surface area contributed by atoms with Crippen molar-refractivity contribution in [2.24, 2.45) is 5.73 Å². The molecule has 0 unspecified atom stereocenters. The molecule has 35 valence electrons. The monoisotopic (exact) mass is 86.1 g/mol. The number of hydrogen-bond donors (Lipinski definition) is 1. The normalized spacial score (nSPS) is 25.5. The maximum absolute atomic E-state index is 5.33. The number of ether oxygens (including phenoxy) is 1. The van der Waals surface area contributed by atoms with Crippen molar-refractivity contribution in [1.82, 2.24) is 0 Å². The average molecular weight is 86.1 g/mol. The molecule has 0 spiro atoms. The smallest absolute Gasteiger partial charge is 0.0666 e. The van der Waals surface area contributed by atoms with Gasteiger partial charge in [0, 0.05) is 6.61 Å². The molecule has 1 rings (SSSR count). The third kappa shape index (κ3) is 0.698. The molecule has 6 heavy (non-hydrogen) atoms. The molecule has 2 heteroatoms. The molecular weight excluding hydrogens is 78.0 g/mol. The molecule has 0 saturated carbocycles. The van der Waals surface area contributed by atoms with Crippen LogP contribution in [0.3, 0.4) is 0 Å². The summed E-state index contributed by atoms with van der Waals surface area (Å²) in [7, 11) is 0. The first-order chi connectivity index (χ1) is 2.89. The van der Waals surface area contributed by atoms with Crippen LogP contribution in [0.2, 0.25) is 0 Å². The third-order valence-corrected chi connectivity index (χ3v) is 0.855. The van der Waals surface area contributed by atoms with Crippen LogP contribution >= 0.6 is 0 Å². The predicted octanol–water partition coefficient (Wildman–Crippen LogP) is -0.103. The van der Waals surface area contributed by atoms with Crippen LogP contribution in [0.15, 0.2) is 0 Å². The predicted molar refractivity (Wildman–Crippen MR) is 22.9 cm³/mol. The molecule has 2 nitrogen and oxygen atoms in total. The fraction of sp³-hybridized carbons (Fsp3) is 0.750. The van der Waals surface area contributed by atoms with Crippen molar-refractivity contribution in [2.75, 3.05) is 13.2 Å². The van der Waals surface area contributed by atoms with Gasteiger partial charge in [-0.15, -0.1) is 0 Å². The summed E-state index contributed by atoms with van der Waals surface area (Å²) in [6.07, 6.45) is 0.958. The molecule has 0 aromatic rings. The molecule has 0 aliphatic carbocycles. The van der Waals surface area contributed by atoms with Gasteiger partial charge in [0.15, 0.2) is 0 Å². The van der Waals surface area contributed by atoms with Crippen molar-refractivity contribution < 1.29 is 4.74 Å². The SMILES string of the molecule is N[C]1CCOC1. The summed E-state index contributed by atoms with van der Waals surface area (Å²) < 4.78 is 4.89. The van der Waals surface area contributed by atoms with Crippen LogP contribution in [0, 0.1) is 6.04 Å². The largest absolute Gasteiger partial charge is 0.379 e. The minimum atomic E-state index is 0.681. The van der Waals surface area contributed by atoms with E-state index < -0.39 is 0 Å². The number of nitrogens with two attached hydrogens (primary N) is 1. The van der Waals surface area contributed by atoms with E-state index in [0.717, 1.165) is 19.1 Å². The van der Waals surface area contributed by atoms with Gasteiger partial charge in [0.05, 0.1) is 12.6 Å². The van der Waals surface area contributed by atoms with Gasteiger partial charge in [0.2, 0.25) is 0 Å². The van der Waals surface area contributed by atoms with Gasteiger partial charge < -0.3 is 10.5 Å². The fourth-order valence-corrected chi connectivity index (χ4v) is 0.479. The molecule has 2 N–H and O–H groups in total. The van der Waals surface area contributed by atoms with Gasteiger partial charge in [-0.25, -0.2) is 0 Å². The second-order valence-corrected chi connectivity index (χ2v) is 1.46. The van der Waals surface area contributed by atoms with Crippen molar-refractivity contribution in [1.29, 1.82) is 0 Å². The second-order valence-electron chi connectivity index (χ2n) is 1.46. The van der Waals surface area contributed by atoms with Gasteiger partial charge >= 0.3 is 0 Å². The lowest BCUT2D eigenvalue weighted by molar-refractivity contribution is 0.201. The highest BCUT2D eigenvalue weighted by Gasteiger charge is 2.09. The highest BCUT2D eigenvalue weighted by atomic mass is 16.5. The van der Waals surface area contributed by atoms with E-state index in [1.165, 1.54) is 0 Å². The van der Waals surface area contributed by atoms with Crippen molar-refractivity contribution in [3.05, 3.63) is 6.04 Å². The summed E-state index contributed by atoms with van der Waals surface area (Å²) in [6.45, 7) is 1.51. The maximum Gasteiger partial charge on any atom is 0.0666 e. The lowest BCUT2D eigenvalue weighted by Gasteiger charge is -1.89. The summed E-state index contributed by atoms with van der Waals surface area (Å²) in [4.78, 5) is 0. The average Bonchev–Trinajstić information content (AvgIpc) is 1.86. The summed E-state index contributed by atoms with van der Waals surface area (Å²) in [6, 6.07) is 0.981. The van der Waals surface area contributed by atoms with Crippen LogP contribution in [0.25, 0.3) is 0 Å². The maximum atomic E-state index is 5.33. The van der Waals surface area contributed by atoms with Gasteiger partial charge in [-0.3, -0.25) is 0 Å². The first-order valence-electron chi connectivity index (χ1n) is 2.07. The Bertz CT molecular complexity index is 40.8. The minimum Gasteiger partial charge on any atom is -0.379 e. The highest BCUT2D eigenvalue weighted by Crippen LogP contribution is 2.05. The van der Waals surface area contributed by atoms with E-state index in [4.69, 9.17) is 10.5 Å². The minimum absolute atomic E-state index is 0.681. The molecule has 1 heterocycles. The molecule has 0 aromatic heterocycles. The third-order valence-electron chi connectivity index (χ3n) is 0.855. The Morgan fingerprint density at radius 2 is 2.50 bits per heavy atom. The summed E-state index contributed by atoms with van der Waals surface area (Å²) >= 11 is 0. The molecule has 1 fully saturated rings. The van der Waals surface area contributed by atoms with Crippen LogP contribution in [-0.2, 0) is 4.74 Å². The quantitative estimate of drug-likeness (QED) is 0.446. The number of rotatable bonds is 0. The van der Waals surface area contributed by atoms with Crippen molar-refractivity contribution in [2.45, 2.75) is 6.42 Å². The molecule has 0 bridgehead atoms. The van der Waals surface area contributed by atoms with Crippen molar-refractivity contribution >= 4 is 0 Å². The Hall–Kier alpha value is -0.0800. The van der Waals surface area contributed by atoms with Crippen molar-refractivity contribution in [3.63, 3.8) is 0 Å². The van der Waals surface area contributed by atoms with Gasteiger partial charge in [-0.05, 0) is 6.42 Å². The van der Waals surface area contributed by atoms with Crippen LogP contribution < -0.4 is 5.73 Å². The summed E-state index contributed by atoms with van der Waals surface area (Å²) in [5.74, 6) is 0. The van der Waals surface area contributed by atoms with Crippen LogP contribution in [0.1, 0.15) is 6.42 Å². The van der Waals surface area contributed by atoms with Crippen LogP contribution in [0.5, 0.6) is 0 Å². The van der Waals surface area contributed by atoms with E-state index >= 15 is 0 Å². The Labute approximate surface area is 37.3 Å². The summed E-state index contributed by atoms with van der Waals surface area (Å²) in [5.41, 5.74) is 5.33. The molecule has 1 aliphatic rings. The zero-order valence-corrected chi connectivity index (χ0v) is 3.61.